The molecule has 1 saturated heterocycles. The van der Waals surface area contributed by atoms with Crippen LogP contribution in [0.15, 0.2) is 55.0 Å². The number of nitrogens with zero attached hydrogens (tertiary/aromatic N) is 4. The normalized spacial score (nSPS) is 18.3. The third kappa shape index (κ3) is 5.82. The summed E-state index contributed by atoms with van der Waals surface area (Å²) < 4.78 is 54.8. The maximum Gasteiger partial charge on any atom is 0.497 e. The maximum atomic E-state index is 15.2. The van der Waals surface area contributed by atoms with Crippen molar-refractivity contribution < 1.29 is 27.3 Å². The van der Waals surface area contributed by atoms with Crippen LogP contribution in [0, 0.1) is 5.82 Å². The summed E-state index contributed by atoms with van der Waals surface area (Å²) >= 11 is -2.54. The second kappa shape index (κ2) is 11.5. The standard InChI is InChI=1S/C31H35BFN5O5S/c1-30(2)31(3,4)43-32(42-30)24-10-7-19(14-25(24)33)11-13-37(44(40)41)17-22-18-38-26(15-23(22)20-8-9-20)27(29(34)39)28(36-38)21-6-5-12-35-16-21/h5-7,10,12,14-16,18,20H,8-9,11,13,17H2,1-4H3,(H2,34,39)(H,40,41)/p-1. The van der Waals surface area contributed by atoms with E-state index in [2.05, 4.69) is 10.1 Å². The molecule has 13 heteroatoms. The van der Waals surface area contributed by atoms with E-state index in [9.17, 15) is 13.6 Å². The number of halogens is 1. The fourth-order valence-corrected chi connectivity index (χ4v) is 6.02. The van der Waals surface area contributed by atoms with E-state index in [0.717, 1.165) is 24.0 Å². The second-order valence-corrected chi connectivity index (χ2v) is 13.4. The predicted octanol–water partition coefficient (Wildman–Crippen LogP) is 3.65. The highest BCUT2D eigenvalue weighted by molar-refractivity contribution is 7.76. The van der Waals surface area contributed by atoms with Crippen molar-refractivity contribution in [1.29, 1.82) is 0 Å². The number of amides is 1. The van der Waals surface area contributed by atoms with Crippen LogP contribution >= 0.6 is 0 Å². The minimum atomic E-state index is -2.54. The molecule has 0 spiro atoms. The lowest BCUT2D eigenvalue weighted by Gasteiger charge is -2.32. The van der Waals surface area contributed by atoms with Crippen molar-refractivity contribution >= 4 is 35.3 Å². The number of benzene rings is 1. The fourth-order valence-electron chi connectivity index (χ4n) is 5.54. The molecule has 230 valence electrons. The van der Waals surface area contributed by atoms with E-state index < -0.39 is 41.3 Å². The molecule has 6 rings (SSSR count). The van der Waals surface area contributed by atoms with Crippen LogP contribution < -0.4 is 11.2 Å². The van der Waals surface area contributed by atoms with Crippen molar-refractivity contribution in [1.82, 2.24) is 18.9 Å². The largest absolute Gasteiger partial charge is 0.760 e. The number of primary amides is 1. The molecule has 10 nitrogen and oxygen atoms in total. The van der Waals surface area contributed by atoms with Crippen molar-refractivity contribution in [3.63, 3.8) is 0 Å². The first-order valence-electron chi connectivity index (χ1n) is 14.6. The molecule has 4 heterocycles. The molecule has 2 aliphatic rings. The summed E-state index contributed by atoms with van der Waals surface area (Å²) in [7, 11) is -0.827. The molecule has 2 N–H and O–H groups in total. The highest BCUT2D eigenvalue weighted by atomic mass is 32.2. The van der Waals surface area contributed by atoms with Crippen LogP contribution in [-0.4, -0.2) is 58.4 Å². The van der Waals surface area contributed by atoms with Gasteiger partial charge in [0.05, 0.1) is 22.3 Å². The number of pyridine rings is 2. The van der Waals surface area contributed by atoms with Gasteiger partial charge >= 0.3 is 7.12 Å². The Morgan fingerprint density at radius 3 is 2.52 bits per heavy atom. The minimum Gasteiger partial charge on any atom is -0.760 e. The second-order valence-electron chi connectivity index (χ2n) is 12.5. The molecule has 0 radical (unpaired) electrons. The number of rotatable bonds is 10. The lowest BCUT2D eigenvalue weighted by molar-refractivity contribution is 0.00578. The topological polar surface area (TPSA) is 135 Å². The summed E-state index contributed by atoms with van der Waals surface area (Å²) in [5, 5.41) is 4.64. The van der Waals surface area contributed by atoms with Gasteiger partial charge in [-0.1, -0.05) is 12.1 Å². The summed E-state index contributed by atoms with van der Waals surface area (Å²) in [6, 6.07) is 10.3. The Hall–Kier alpha value is -3.49. The number of carbonyl (C=O) groups is 1. The number of carbonyl (C=O) groups excluding carboxylic acids is 1. The molecule has 1 unspecified atom stereocenters. The van der Waals surface area contributed by atoms with Gasteiger partial charge in [0.25, 0.3) is 5.91 Å². The molecule has 1 saturated carbocycles. The van der Waals surface area contributed by atoms with Crippen LogP contribution in [0.4, 0.5) is 4.39 Å². The summed E-state index contributed by atoms with van der Waals surface area (Å²) in [5.41, 5.74) is 9.23. The van der Waals surface area contributed by atoms with Crippen molar-refractivity contribution in [3.8, 4) is 11.3 Å². The van der Waals surface area contributed by atoms with Gasteiger partial charge in [-0.15, -0.1) is 0 Å². The molecular weight excluding hydrogens is 584 g/mol. The average molecular weight is 619 g/mol. The van der Waals surface area contributed by atoms with Crippen molar-refractivity contribution in [2.24, 2.45) is 5.73 Å². The Morgan fingerprint density at radius 1 is 1.20 bits per heavy atom. The SMILES string of the molecule is CC1(C)OB(c2ccc(CCN(Cc3cn4nc(-c5cccnc5)c(C(N)=O)c4cc3C3CC3)S(=O)[O-])cc2F)OC1(C)C. The van der Waals surface area contributed by atoms with Crippen LogP contribution in [0.3, 0.4) is 0 Å². The molecule has 0 bridgehead atoms. The van der Waals surface area contributed by atoms with Crippen molar-refractivity contribution in [2.75, 3.05) is 6.54 Å². The highest BCUT2D eigenvalue weighted by Gasteiger charge is 2.52. The summed E-state index contributed by atoms with van der Waals surface area (Å²) in [4.78, 5) is 16.7. The number of nitrogens with two attached hydrogens (primary N) is 1. The van der Waals surface area contributed by atoms with Crippen LogP contribution in [0.25, 0.3) is 16.8 Å². The minimum absolute atomic E-state index is 0.0976. The van der Waals surface area contributed by atoms with Gasteiger partial charge < -0.3 is 19.6 Å². The van der Waals surface area contributed by atoms with Crippen LogP contribution in [0.2, 0.25) is 0 Å². The Morgan fingerprint density at radius 2 is 1.93 bits per heavy atom. The van der Waals surface area contributed by atoms with Gasteiger partial charge in [-0.05, 0) is 93.8 Å². The van der Waals surface area contributed by atoms with Crippen LogP contribution in [0.1, 0.15) is 73.5 Å². The zero-order valence-corrected chi connectivity index (χ0v) is 25.9. The molecular formula is C31H34BFN5O5S-. The van der Waals surface area contributed by atoms with E-state index in [1.807, 2.05) is 33.8 Å². The van der Waals surface area contributed by atoms with Gasteiger partial charge in [-0.3, -0.25) is 14.0 Å². The van der Waals surface area contributed by atoms with E-state index in [-0.39, 0.29) is 19.0 Å². The van der Waals surface area contributed by atoms with E-state index in [4.69, 9.17) is 15.0 Å². The number of aromatic nitrogens is 3. The van der Waals surface area contributed by atoms with Gasteiger partial charge in [0, 0.05) is 54.0 Å². The summed E-state index contributed by atoms with van der Waals surface area (Å²) in [6.45, 7) is 7.87. The molecule has 1 aliphatic carbocycles. The van der Waals surface area contributed by atoms with E-state index in [1.54, 1.807) is 47.4 Å². The van der Waals surface area contributed by atoms with Crippen LogP contribution in [-0.2, 0) is 33.5 Å². The van der Waals surface area contributed by atoms with Gasteiger partial charge in [-0.25, -0.2) is 13.2 Å². The van der Waals surface area contributed by atoms with Gasteiger partial charge in [0.15, 0.2) is 0 Å². The fraction of sp³-hybridized carbons (Fsp3) is 0.387. The van der Waals surface area contributed by atoms with E-state index >= 15 is 4.39 Å². The zero-order valence-electron chi connectivity index (χ0n) is 25.1. The molecule has 1 aliphatic heterocycles. The summed E-state index contributed by atoms with van der Waals surface area (Å²) in [5.74, 6) is -0.816. The molecule has 3 aromatic heterocycles. The zero-order chi connectivity index (χ0) is 31.4. The molecule has 44 heavy (non-hydrogen) atoms. The molecule has 2 fully saturated rings. The monoisotopic (exact) mass is 618 g/mol. The van der Waals surface area contributed by atoms with Gasteiger partial charge in [-0.2, -0.15) is 5.10 Å². The smallest absolute Gasteiger partial charge is 0.497 e. The third-order valence-corrected chi connectivity index (χ3v) is 9.60. The third-order valence-electron chi connectivity index (χ3n) is 8.87. The lowest BCUT2D eigenvalue weighted by Crippen LogP contribution is -2.41. The Balaban J connectivity index is 1.24. The Labute approximate surface area is 258 Å². The molecule has 4 aromatic rings. The first-order chi connectivity index (χ1) is 20.8. The number of fused-ring (bicyclic) bond motifs is 1. The molecule has 1 aromatic carbocycles. The maximum absolute atomic E-state index is 15.2. The lowest BCUT2D eigenvalue weighted by atomic mass is 9.78. The Kier molecular flexibility index (Phi) is 7.95. The predicted molar refractivity (Wildman–Crippen MR) is 164 cm³/mol. The first-order valence-corrected chi connectivity index (χ1v) is 15.6. The average Bonchev–Trinajstić information content (AvgIpc) is 3.69. The number of hydrogen-bond donors (Lipinski definition) is 1. The molecule has 1 atom stereocenters. The quantitative estimate of drug-likeness (QED) is 0.212. The molecule has 1 amide bonds. The van der Waals surface area contributed by atoms with E-state index in [0.29, 0.717) is 39.8 Å². The van der Waals surface area contributed by atoms with Gasteiger partial charge in [0.2, 0.25) is 0 Å². The van der Waals surface area contributed by atoms with Crippen molar-refractivity contribution in [3.05, 3.63) is 83.1 Å². The Bertz CT molecular complexity index is 1750. The van der Waals surface area contributed by atoms with E-state index in [1.165, 1.54) is 10.4 Å². The number of hydrogen-bond acceptors (Lipinski definition) is 7. The first kappa shape index (κ1) is 30.5. The summed E-state index contributed by atoms with van der Waals surface area (Å²) in [6.07, 6.45) is 7.25. The van der Waals surface area contributed by atoms with Gasteiger partial charge in [0.1, 0.15) is 11.5 Å². The highest BCUT2D eigenvalue weighted by Crippen LogP contribution is 2.43. The van der Waals surface area contributed by atoms with Crippen molar-refractivity contribution in [2.45, 2.75) is 70.6 Å². The van der Waals surface area contributed by atoms with Crippen LogP contribution in [0.5, 0.6) is 0 Å².